The predicted molar refractivity (Wildman–Crippen MR) is 231 cm³/mol. The fraction of sp³-hybridized carbons (Fsp3) is 0. The van der Waals surface area contributed by atoms with Gasteiger partial charge in [-0.15, -0.1) is 11.3 Å². The Morgan fingerprint density at radius 2 is 1.00 bits per heavy atom. The molecule has 0 saturated carbocycles. The molecule has 0 atom stereocenters. The lowest BCUT2D eigenvalue weighted by Gasteiger charge is -2.15. The number of hydrogen-bond acceptors (Lipinski definition) is 3. The van der Waals surface area contributed by atoms with Crippen LogP contribution in [-0.4, -0.2) is 14.5 Å². The Labute approximate surface area is 312 Å². The van der Waals surface area contributed by atoms with Crippen molar-refractivity contribution in [3.63, 3.8) is 0 Å². The molecular formula is C50H27N3S. The zero-order chi connectivity index (χ0) is 35.1. The van der Waals surface area contributed by atoms with Crippen LogP contribution in [0.4, 0.5) is 0 Å². The van der Waals surface area contributed by atoms with Gasteiger partial charge in [-0.05, 0) is 84.9 Å². The van der Waals surface area contributed by atoms with Gasteiger partial charge in [-0.2, -0.15) is 0 Å². The van der Waals surface area contributed by atoms with E-state index in [0.29, 0.717) is 0 Å². The minimum Gasteiger partial charge on any atom is -0.292 e. The van der Waals surface area contributed by atoms with Crippen LogP contribution >= 0.6 is 11.3 Å². The van der Waals surface area contributed by atoms with Crippen LogP contribution in [-0.2, 0) is 0 Å². The Hall–Kier alpha value is -6.88. The molecule has 0 radical (unpaired) electrons. The van der Waals surface area contributed by atoms with Crippen molar-refractivity contribution in [1.29, 1.82) is 0 Å². The van der Waals surface area contributed by atoms with E-state index >= 15 is 0 Å². The molecule has 0 aliphatic rings. The van der Waals surface area contributed by atoms with E-state index in [1.807, 2.05) is 11.3 Å². The van der Waals surface area contributed by atoms with Crippen LogP contribution in [0.15, 0.2) is 164 Å². The van der Waals surface area contributed by atoms with Crippen molar-refractivity contribution in [2.75, 3.05) is 0 Å². The summed E-state index contributed by atoms with van der Waals surface area (Å²) in [6.07, 6.45) is 0. The molecule has 0 bridgehead atoms. The van der Waals surface area contributed by atoms with Crippen molar-refractivity contribution in [2.24, 2.45) is 0 Å². The quantitative estimate of drug-likeness (QED) is 0.168. The van der Waals surface area contributed by atoms with Gasteiger partial charge < -0.3 is 0 Å². The maximum absolute atomic E-state index is 5.64. The third kappa shape index (κ3) is 3.70. The third-order valence-electron chi connectivity index (χ3n) is 11.7. The molecule has 0 aliphatic heterocycles. The van der Waals surface area contributed by atoms with E-state index in [2.05, 4.69) is 168 Å². The van der Waals surface area contributed by atoms with Crippen molar-refractivity contribution < 1.29 is 0 Å². The summed E-state index contributed by atoms with van der Waals surface area (Å²) in [5.41, 5.74) is 5.97. The van der Waals surface area contributed by atoms with E-state index in [-0.39, 0.29) is 0 Å². The van der Waals surface area contributed by atoms with Crippen molar-refractivity contribution in [1.82, 2.24) is 14.5 Å². The molecule has 4 heteroatoms. The summed E-state index contributed by atoms with van der Waals surface area (Å²) in [7, 11) is 0. The van der Waals surface area contributed by atoms with Gasteiger partial charge in [-0.25, -0.2) is 9.97 Å². The van der Waals surface area contributed by atoms with Crippen LogP contribution in [0.25, 0.3) is 124 Å². The second-order valence-corrected chi connectivity index (χ2v) is 15.6. The molecular weight excluding hydrogens is 675 g/mol. The van der Waals surface area contributed by atoms with Crippen molar-refractivity contribution in [2.45, 2.75) is 0 Å². The second kappa shape index (κ2) is 10.4. The minimum atomic E-state index is 0.834. The van der Waals surface area contributed by atoms with Gasteiger partial charge in [0, 0.05) is 41.9 Å². The van der Waals surface area contributed by atoms with Gasteiger partial charge in [0.25, 0.3) is 0 Å². The van der Waals surface area contributed by atoms with Gasteiger partial charge in [-0.3, -0.25) is 4.57 Å². The normalized spacial score (nSPS) is 12.4. The van der Waals surface area contributed by atoms with E-state index in [4.69, 9.17) is 9.97 Å². The van der Waals surface area contributed by atoms with Crippen LogP contribution in [0.5, 0.6) is 0 Å². The predicted octanol–water partition coefficient (Wildman–Crippen LogP) is 14.0. The monoisotopic (exact) mass is 701 g/mol. The first-order valence-electron chi connectivity index (χ1n) is 18.4. The van der Waals surface area contributed by atoms with Crippen molar-refractivity contribution in [3.05, 3.63) is 164 Å². The molecule has 0 unspecified atom stereocenters. The van der Waals surface area contributed by atoms with Gasteiger partial charge in [0.05, 0.1) is 22.1 Å². The molecule has 0 spiro atoms. The van der Waals surface area contributed by atoms with Gasteiger partial charge in [0.1, 0.15) is 5.69 Å². The van der Waals surface area contributed by atoms with E-state index in [1.54, 1.807) is 0 Å². The molecule has 0 amide bonds. The van der Waals surface area contributed by atoms with E-state index in [1.165, 1.54) is 74.0 Å². The molecule has 3 nitrogen and oxygen atoms in total. The molecule has 10 aromatic carbocycles. The summed E-state index contributed by atoms with van der Waals surface area (Å²) >= 11 is 1.89. The zero-order valence-corrected chi connectivity index (χ0v) is 29.7. The molecule has 0 fully saturated rings. The maximum atomic E-state index is 5.64. The van der Waals surface area contributed by atoms with Gasteiger partial charge in [0.2, 0.25) is 0 Å². The average Bonchev–Trinajstić information content (AvgIpc) is 3.78. The highest BCUT2D eigenvalue weighted by atomic mass is 32.1. The van der Waals surface area contributed by atoms with E-state index in [9.17, 15) is 0 Å². The number of nitrogens with zero attached hydrogens (tertiary/aromatic N) is 3. The molecule has 3 aromatic heterocycles. The molecule has 0 saturated heterocycles. The second-order valence-electron chi connectivity index (χ2n) is 14.5. The Balaban J connectivity index is 1.25. The number of fused-ring (bicyclic) bond motifs is 9. The summed E-state index contributed by atoms with van der Waals surface area (Å²) in [6, 6.07) is 59.8. The highest BCUT2D eigenvalue weighted by molar-refractivity contribution is 7.26. The number of aromatic nitrogens is 3. The summed E-state index contributed by atoms with van der Waals surface area (Å²) in [6.45, 7) is 0. The maximum Gasteiger partial charge on any atom is 0.165 e. The van der Waals surface area contributed by atoms with Crippen LogP contribution in [0.2, 0.25) is 0 Å². The van der Waals surface area contributed by atoms with Crippen molar-refractivity contribution >= 4 is 118 Å². The summed E-state index contributed by atoms with van der Waals surface area (Å²) in [5, 5.41) is 17.4. The number of thiophene rings is 1. The molecule has 0 aliphatic carbocycles. The summed E-state index contributed by atoms with van der Waals surface area (Å²) < 4.78 is 5.01. The molecule has 54 heavy (non-hydrogen) atoms. The lowest BCUT2D eigenvalue weighted by Crippen LogP contribution is -2.04. The van der Waals surface area contributed by atoms with Crippen LogP contribution in [0.1, 0.15) is 0 Å². The topological polar surface area (TPSA) is 30.7 Å². The first-order valence-corrected chi connectivity index (χ1v) is 19.2. The zero-order valence-electron chi connectivity index (χ0n) is 28.8. The standard InChI is InChI=1S/C50H27N3S/c1-3-11-32-28(9-1)19-20-30-21-22-31(27-38(30)32)48-50(51-39-24-23-29-10-2-4-12-33(29)49(39)52-48)53-40-17-7-15-36-34-13-5-6-14-35(34)37-16-8-18-42-45(37)47-43(54-42)26-25-41(53)46(47)44(36)40/h1-27H. The molecule has 13 rings (SSSR count). The van der Waals surface area contributed by atoms with Gasteiger partial charge >= 0.3 is 0 Å². The average molecular weight is 702 g/mol. The highest BCUT2D eigenvalue weighted by Gasteiger charge is 2.25. The van der Waals surface area contributed by atoms with E-state index < -0.39 is 0 Å². The van der Waals surface area contributed by atoms with Crippen LogP contribution < -0.4 is 0 Å². The van der Waals surface area contributed by atoms with Crippen LogP contribution in [0.3, 0.4) is 0 Å². The highest BCUT2D eigenvalue weighted by Crippen LogP contribution is 2.49. The fourth-order valence-corrected chi connectivity index (χ4v) is 10.5. The molecule has 3 heterocycles. The van der Waals surface area contributed by atoms with Crippen molar-refractivity contribution in [3.8, 4) is 17.1 Å². The SMILES string of the molecule is c1ccc2c(c1)ccc1ccc(-c3nc4c(ccc5ccccc54)nc3-n3c4cccc5c6ccccc6c6cccc7sc8ccc3c(c8c76)c54)cc12. The number of benzene rings is 9. The van der Waals surface area contributed by atoms with Crippen LogP contribution in [0, 0.1) is 0 Å². The first-order chi connectivity index (χ1) is 26.8. The molecule has 13 aromatic rings. The molecule has 0 N–H and O–H groups in total. The summed E-state index contributed by atoms with van der Waals surface area (Å²) in [5.74, 6) is 0.834. The lowest BCUT2D eigenvalue weighted by molar-refractivity contribution is 1.08. The Morgan fingerprint density at radius 3 is 1.83 bits per heavy atom. The fourth-order valence-electron chi connectivity index (χ4n) is 9.37. The molecule has 248 valence electrons. The minimum absolute atomic E-state index is 0.834. The Morgan fingerprint density at radius 1 is 0.389 bits per heavy atom. The van der Waals surface area contributed by atoms with E-state index in [0.717, 1.165) is 49.9 Å². The Bertz CT molecular complexity index is 3740. The smallest absolute Gasteiger partial charge is 0.165 e. The number of hydrogen-bond donors (Lipinski definition) is 0. The van der Waals surface area contributed by atoms with Gasteiger partial charge in [0.15, 0.2) is 5.82 Å². The summed E-state index contributed by atoms with van der Waals surface area (Å²) in [4.78, 5) is 11.3. The van der Waals surface area contributed by atoms with Gasteiger partial charge in [-0.1, -0.05) is 127 Å². The number of rotatable bonds is 2. The Kier molecular flexibility index (Phi) is 5.51. The first kappa shape index (κ1) is 28.7. The lowest BCUT2D eigenvalue weighted by atomic mass is 9.95. The largest absolute Gasteiger partial charge is 0.292 e. The third-order valence-corrected chi connectivity index (χ3v) is 12.8.